The summed E-state index contributed by atoms with van der Waals surface area (Å²) < 4.78 is 11.7. The molecule has 2 N–H and O–H groups in total. The van der Waals surface area contributed by atoms with Gasteiger partial charge in [-0.25, -0.2) is 0 Å². The van der Waals surface area contributed by atoms with Crippen LogP contribution in [-0.4, -0.2) is 55.0 Å². The van der Waals surface area contributed by atoms with E-state index in [1.165, 1.54) is 19.4 Å². The third kappa shape index (κ3) is 2.97. The summed E-state index contributed by atoms with van der Waals surface area (Å²) in [5, 5.41) is 0. The minimum Gasteiger partial charge on any atom is -0.381 e. The summed E-state index contributed by atoms with van der Waals surface area (Å²) in [5.41, 5.74) is 6.20. The normalized spacial score (nSPS) is 40.4. The molecule has 0 saturated carbocycles. The van der Waals surface area contributed by atoms with Crippen LogP contribution in [0.3, 0.4) is 0 Å². The van der Waals surface area contributed by atoms with Crippen molar-refractivity contribution in [2.45, 2.75) is 69.2 Å². The molecule has 0 aromatic carbocycles. The summed E-state index contributed by atoms with van der Waals surface area (Å²) in [6.45, 7) is 6.16. The van der Waals surface area contributed by atoms with E-state index in [-0.39, 0.29) is 5.60 Å². The molecule has 19 heavy (non-hydrogen) atoms. The summed E-state index contributed by atoms with van der Waals surface area (Å²) in [4.78, 5) is 2.70. The molecule has 3 unspecified atom stereocenters. The van der Waals surface area contributed by atoms with Crippen LogP contribution in [0.1, 0.15) is 45.4 Å². The van der Waals surface area contributed by atoms with E-state index in [1.54, 1.807) is 0 Å². The van der Waals surface area contributed by atoms with Crippen LogP contribution in [0.25, 0.3) is 0 Å². The molecule has 0 radical (unpaired) electrons. The smallest absolute Gasteiger partial charge is 0.0741 e. The van der Waals surface area contributed by atoms with Gasteiger partial charge in [0.2, 0.25) is 0 Å². The van der Waals surface area contributed by atoms with E-state index in [2.05, 4.69) is 11.8 Å². The molecule has 3 aliphatic heterocycles. The van der Waals surface area contributed by atoms with Crippen molar-refractivity contribution in [3.63, 3.8) is 0 Å². The van der Waals surface area contributed by atoms with Crippen LogP contribution in [0.4, 0.5) is 0 Å². The van der Waals surface area contributed by atoms with Gasteiger partial charge in [-0.05, 0) is 45.4 Å². The first kappa shape index (κ1) is 13.8. The van der Waals surface area contributed by atoms with Crippen molar-refractivity contribution in [3.05, 3.63) is 0 Å². The maximum Gasteiger partial charge on any atom is 0.0741 e. The van der Waals surface area contributed by atoms with E-state index >= 15 is 0 Å². The molecule has 110 valence electrons. The lowest BCUT2D eigenvalue weighted by Gasteiger charge is -2.49. The van der Waals surface area contributed by atoms with Crippen LogP contribution in [0.5, 0.6) is 0 Å². The van der Waals surface area contributed by atoms with Gasteiger partial charge in [0, 0.05) is 44.5 Å². The van der Waals surface area contributed by atoms with Crippen molar-refractivity contribution in [1.29, 1.82) is 0 Å². The number of hydrogen-bond acceptors (Lipinski definition) is 4. The molecule has 0 bridgehead atoms. The average Bonchev–Trinajstić information content (AvgIpc) is 2.39. The van der Waals surface area contributed by atoms with Gasteiger partial charge in [-0.15, -0.1) is 0 Å². The number of rotatable bonds is 1. The topological polar surface area (TPSA) is 47.7 Å². The number of nitrogens with two attached hydrogens (primary N) is 1. The summed E-state index contributed by atoms with van der Waals surface area (Å²) in [5.74, 6) is 0. The molecule has 0 amide bonds. The lowest BCUT2D eigenvalue weighted by Crippen LogP contribution is -2.56. The van der Waals surface area contributed by atoms with Gasteiger partial charge < -0.3 is 15.2 Å². The third-order valence-electron chi connectivity index (χ3n) is 5.31. The molecule has 1 spiro atoms. The van der Waals surface area contributed by atoms with Crippen LogP contribution >= 0.6 is 0 Å². The second-order valence-electron chi connectivity index (χ2n) is 6.66. The summed E-state index contributed by atoms with van der Waals surface area (Å²) in [6.07, 6.45) is 6.82. The predicted octanol–water partition coefficient (Wildman–Crippen LogP) is 1.53. The van der Waals surface area contributed by atoms with E-state index in [0.29, 0.717) is 18.1 Å². The molecule has 4 nitrogen and oxygen atoms in total. The molecule has 4 heteroatoms. The minimum absolute atomic E-state index is 0.112. The van der Waals surface area contributed by atoms with E-state index in [4.69, 9.17) is 15.2 Å². The van der Waals surface area contributed by atoms with Gasteiger partial charge >= 0.3 is 0 Å². The first-order valence-electron chi connectivity index (χ1n) is 7.92. The lowest BCUT2D eigenvalue weighted by atomic mass is 9.82. The van der Waals surface area contributed by atoms with Crippen LogP contribution < -0.4 is 5.73 Å². The molecular weight excluding hydrogens is 240 g/mol. The number of ether oxygens (including phenoxy) is 2. The Morgan fingerprint density at radius 3 is 2.68 bits per heavy atom. The quantitative estimate of drug-likeness (QED) is 0.783. The van der Waals surface area contributed by atoms with Gasteiger partial charge in [-0.1, -0.05) is 0 Å². The Bertz CT molecular complexity index is 299. The van der Waals surface area contributed by atoms with Crippen LogP contribution in [0, 0.1) is 0 Å². The first-order valence-corrected chi connectivity index (χ1v) is 7.92. The van der Waals surface area contributed by atoms with Crippen molar-refractivity contribution < 1.29 is 9.47 Å². The van der Waals surface area contributed by atoms with Gasteiger partial charge in [-0.3, -0.25) is 4.90 Å². The summed E-state index contributed by atoms with van der Waals surface area (Å²) >= 11 is 0. The summed E-state index contributed by atoms with van der Waals surface area (Å²) in [7, 11) is 0. The molecule has 0 aromatic heterocycles. The van der Waals surface area contributed by atoms with E-state index < -0.39 is 0 Å². The number of hydrogen-bond donors (Lipinski definition) is 1. The minimum atomic E-state index is 0.112. The Kier molecular flexibility index (Phi) is 4.13. The second-order valence-corrected chi connectivity index (χ2v) is 6.66. The van der Waals surface area contributed by atoms with Gasteiger partial charge in [0.1, 0.15) is 0 Å². The molecule has 3 rings (SSSR count). The lowest BCUT2D eigenvalue weighted by molar-refractivity contribution is -0.155. The van der Waals surface area contributed by atoms with Crippen LogP contribution in [-0.2, 0) is 9.47 Å². The van der Waals surface area contributed by atoms with Gasteiger partial charge in [0.25, 0.3) is 0 Å². The zero-order valence-corrected chi connectivity index (χ0v) is 12.1. The van der Waals surface area contributed by atoms with Gasteiger partial charge in [-0.2, -0.15) is 0 Å². The van der Waals surface area contributed by atoms with Crippen LogP contribution in [0.15, 0.2) is 0 Å². The Labute approximate surface area is 116 Å². The number of piperidine rings is 1. The highest BCUT2D eigenvalue weighted by Crippen LogP contribution is 2.37. The largest absolute Gasteiger partial charge is 0.381 e. The fourth-order valence-corrected chi connectivity index (χ4v) is 4.15. The van der Waals surface area contributed by atoms with Crippen molar-refractivity contribution in [2.75, 3.05) is 26.4 Å². The fourth-order valence-electron chi connectivity index (χ4n) is 4.15. The molecule has 3 aliphatic rings. The highest BCUT2D eigenvalue weighted by atomic mass is 16.5. The Morgan fingerprint density at radius 1 is 1.16 bits per heavy atom. The maximum absolute atomic E-state index is 6.15. The third-order valence-corrected chi connectivity index (χ3v) is 5.31. The molecular formula is C15H28N2O2. The van der Waals surface area contributed by atoms with Gasteiger partial charge in [0.15, 0.2) is 0 Å². The molecule has 0 aromatic rings. The second kappa shape index (κ2) is 5.68. The van der Waals surface area contributed by atoms with Crippen molar-refractivity contribution in [1.82, 2.24) is 4.90 Å². The number of likely N-dealkylation sites (tertiary alicyclic amines) is 1. The molecule has 3 saturated heterocycles. The molecule has 3 fully saturated rings. The predicted molar refractivity (Wildman–Crippen MR) is 75.1 cm³/mol. The first-order chi connectivity index (χ1) is 9.19. The molecule has 3 heterocycles. The van der Waals surface area contributed by atoms with Crippen molar-refractivity contribution >= 4 is 0 Å². The molecule has 0 aliphatic carbocycles. The van der Waals surface area contributed by atoms with Crippen LogP contribution in [0.2, 0.25) is 0 Å². The van der Waals surface area contributed by atoms with E-state index in [1.807, 2.05) is 0 Å². The Hall–Kier alpha value is -0.160. The fraction of sp³-hybridized carbons (Fsp3) is 1.00. The zero-order valence-electron chi connectivity index (χ0n) is 12.1. The molecule has 3 atom stereocenters. The monoisotopic (exact) mass is 268 g/mol. The highest BCUT2D eigenvalue weighted by molar-refractivity contribution is 4.95. The number of nitrogens with zero attached hydrogens (tertiary/aromatic N) is 1. The standard InChI is InChI=1S/C15H28N2O2/c1-12-10-13(16)2-6-17(12)14-3-7-19-15(11-14)4-8-18-9-5-15/h12-14H,2-11,16H2,1H3. The highest BCUT2D eigenvalue weighted by Gasteiger charge is 2.42. The average molecular weight is 268 g/mol. The zero-order chi connectivity index (χ0) is 13.3. The van der Waals surface area contributed by atoms with E-state index in [0.717, 1.165) is 45.5 Å². The summed E-state index contributed by atoms with van der Waals surface area (Å²) in [6, 6.07) is 1.72. The Morgan fingerprint density at radius 2 is 1.95 bits per heavy atom. The Balaban J connectivity index is 1.64. The van der Waals surface area contributed by atoms with E-state index in [9.17, 15) is 0 Å². The van der Waals surface area contributed by atoms with Gasteiger partial charge in [0.05, 0.1) is 5.60 Å². The van der Waals surface area contributed by atoms with Crippen molar-refractivity contribution in [3.8, 4) is 0 Å². The maximum atomic E-state index is 6.15. The SMILES string of the molecule is CC1CC(N)CCN1C1CCOC2(CCOCC2)C1. The van der Waals surface area contributed by atoms with Crippen molar-refractivity contribution in [2.24, 2.45) is 5.73 Å².